The van der Waals surface area contributed by atoms with Gasteiger partial charge in [0, 0.05) is 0 Å². The van der Waals surface area contributed by atoms with Crippen LogP contribution in [0.4, 0.5) is 5.69 Å². The van der Waals surface area contributed by atoms with Crippen molar-refractivity contribution in [3.63, 3.8) is 0 Å². The molecule has 1 N–H and O–H groups in total. The Hall–Kier alpha value is -2.46. The lowest BCUT2D eigenvalue weighted by molar-refractivity contribution is -0.113. The smallest absolute Gasteiger partial charge is 0.339 e. The predicted octanol–water partition coefficient (Wildman–Crippen LogP) is 2.15. The number of nitrogens with zero attached hydrogens (tertiary/aromatic N) is 2. The zero-order chi connectivity index (χ0) is 18.4. The molecule has 1 amide bonds. The summed E-state index contributed by atoms with van der Waals surface area (Å²) in [5.74, 6) is -1.48. The van der Waals surface area contributed by atoms with Gasteiger partial charge >= 0.3 is 11.9 Å². The lowest BCUT2D eigenvalue weighted by Crippen LogP contribution is -2.18. The molecule has 0 bridgehead atoms. The van der Waals surface area contributed by atoms with Crippen molar-refractivity contribution in [1.82, 2.24) is 10.2 Å². The second-order valence-corrected chi connectivity index (χ2v) is 7.07. The Labute approximate surface area is 151 Å². The minimum absolute atomic E-state index is 0.0810. The lowest BCUT2D eigenvalue weighted by Gasteiger charge is -2.11. The van der Waals surface area contributed by atoms with Gasteiger partial charge in [0.05, 0.1) is 36.8 Å². The van der Waals surface area contributed by atoms with Crippen molar-refractivity contribution in [2.24, 2.45) is 0 Å². The van der Waals surface area contributed by atoms with Crippen LogP contribution in [0.25, 0.3) is 0 Å². The highest BCUT2D eigenvalue weighted by Gasteiger charge is 2.17. The quantitative estimate of drug-likeness (QED) is 0.599. The van der Waals surface area contributed by atoms with E-state index in [0.29, 0.717) is 4.34 Å². The third kappa shape index (κ3) is 5.00. The minimum atomic E-state index is -0.626. The molecule has 8 nitrogen and oxygen atoms in total. The number of aryl methyl sites for hydroxylation is 1. The third-order valence-electron chi connectivity index (χ3n) is 2.95. The standard InChI is InChI=1S/C15H15N3O5S2/c1-8-17-18-15(25-8)24-7-12(19)16-11-6-9(13(20)22-2)4-5-10(11)14(21)23-3/h4-6H,7H2,1-3H3,(H,16,19). The predicted molar refractivity (Wildman–Crippen MR) is 93.1 cm³/mol. The number of methoxy groups -OCH3 is 2. The second-order valence-electron chi connectivity index (χ2n) is 4.67. The number of hydrogen-bond acceptors (Lipinski definition) is 9. The summed E-state index contributed by atoms with van der Waals surface area (Å²) in [7, 11) is 2.48. The maximum atomic E-state index is 12.2. The molecule has 2 aromatic rings. The van der Waals surface area contributed by atoms with Crippen LogP contribution in [-0.4, -0.2) is 48.0 Å². The Bertz CT molecular complexity index is 806. The first-order chi connectivity index (χ1) is 11.9. The van der Waals surface area contributed by atoms with Crippen LogP contribution in [-0.2, 0) is 14.3 Å². The number of aromatic nitrogens is 2. The average molecular weight is 381 g/mol. The molecule has 0 aliphatic carbocycles. The van der Waals surface area contributed by atoms with Crippen LogP contribution < -0.4 is 5.32 Å². The molecular weight excluding hydrogens is 366 g/mol. The van der Waals surface area contributed by atoms with Gasteiger partial charge in [0.1, 0.15) is 5.01 Å². The first-order valence-electron chi connectivity index (χ1n) is 6.98. The van der Waals surface area contributed by atoms with Gasteiger partial charge in [-0.05, 0) is 25.1 Å². The Morgan fingerprint density at radius 1 is 1.16 bits per heavy atom. The van der Waals surface area contributed by atoms with Gasteiger partial charge in [0.15, 0.2) is 4.34 Å². The van der Waals surface area contributed by atoms with Crippen LogP contribution in [0, 0.1) is 6.92 Å². The highest BCUT2D eigenvalue weighted by molar-refractivity contribution is 8.01. The van der Waals surface area contributed by atoms with Crippen LogP contribution in [0.3, 0.4) is 0 Å². The van der Waals surface area contributed by atoms with Gasteiger partial charge in [-0.25, -0.2) is 9.59 Å². The monoisotopic (exact) mass is 381 g/mol. The number of nitrogens with one attached hydrogen (secondary N) is 1. The van der Waals surface area contributed by atoms with E-state index in [-0.39, 0.29) is 28.5 Å². The number of carbonyl (C=O) groups excluding carboxylic acids is 3. The molecular formula is C15H15N3O5S2. The van der Waals surface area contributed by atoms with Gasteiger partial charge in [-0.15, -0.1) is 10.2 Å². The molecule has 0 fully saturated rings. The van der Waals surface area contributed by atoms with Crippen molar-refractivity contribution >= 4 is 46.6 Å². The molecule has 1 aromatic heterocycles. The van der Waals surface area contributed by atoms with E-state index in [2.05, 4.69) is 25.0 Å². The molecule has 0 saturated heterocycles. The Kier molecular flexibility index (Phi) is 6.48. The van der Waals surface area contributed by atoms with Crippen molar-refractivity contribution in [2.45, 2.75) is 11.3 Å². The molecule has 10 heteroatoms. The number of benzene rings is 1. The van der Waals surface area contributed by atoms with Gasteiger partial charge in [0.25, 0.3) is 0 Å². The molecule has 2 rings (SSSR count). The summed E-state index contributed by atoms with van der Waals surface area (Å²) in [4.78, 5) is 35.6. The molecule has 0 atom stereocenters. The van der Waals surface area contributed by atoms with E-state index in [1.807, 2.05) is 6.92 Å². The molecule has 0 saturated carbocycles. The summed E-state index contributed by atoms with van der Waals surface area (Å²) in [6.45, 7) is 1.82. The maximum Gasteiger partial charge on any atom is 0.339 e. The molecule has 0 aliphatic heterocycles. The topological polar surface area (TPSA) is 107 Å². The highest BCUT2D eigenvalue weighted by Crippen LogP contribution is 2.23. The first-order valence-corrected chi connectivity index (χ1v) is 8.78. The zero-order valence-electron chi connectivity index (χ0n) is 13.7. The van der Waals surface area contributed by atoms with Crippen LogP contribution in [0.1, 0.15) is 25.7 Å². The summed E-state index contributed by atoms with van der Waals surface area (Å²) < 4.78 is 10.0. The van der Waals surface area contributed by atoms with E-state index < -0.39 is 11.9 Å². The van der Waals surface area contributed by atoms with Gasteiger partial charge < -0.3 is 14.8 Å². The fourth-order valence-corrected chi connectivity index (χ4v) is 3.45. The number of anilines is 1. The summed E-state index contributed by atoms with van der Waals surface area (Å²) in [5.41, 5.74) is 0.520. The van der Waals surface area contributed by atoms with Crippen LogP contribution in [0.15, 0.2) is 22.5 Å². The van der Waals surface area contributed by atoms with Crippen molar-refractivity contribution in [3.05, 3.63) is 34.3 Å². The molecule has 0 spiro atoms. The Balaban J connectivity index is 2.15. The zero-order valence-corrected chi connectivity index (χ0v) is 15.3. The number of thioether (sulfide) groups is 1. The molecule has 0 aliphatic rings. The fourth-order valence-electron chi connectivity index (χ4n) is 1.83. The van der Waals surface area contributed by atoms with E-state index in [9.17, 15) is 14.4 Å². The summed E-state index contributed by atoms with van der Waals surface area (Å²) in [5, 5.41) is 11.2. The number of amides is 1. The molecule has 25 heavy (non-hydrogen) atoms. The van der Waals surface area contributed by atoms with Crippen molar-refractivity contribution in [2.75, 3.05) is 25.3 Å². The number of ether oxygens (including phenoxy) is 2. The Morgan fingerprint density at radius 2 is 1.88 bits per heavy atom. The van der Waals surface area contributed by atoms with Gasteiger partial charge in [-0.3, -0.25) is 4.79 Å². The van der Waals surface area contributed by atoms with Crippen molar-refractivity contribution < 1.29 is 23.9 Å². The Morgan fingerprint density at radius 3 is 2.48 bits per heavy atom. The van der Waals surface area contributed by atoms with Crippen LogP contribution in [0.5, 0.6) is 0 Å². The van der Waals surface area contributed by atoms with E-state index >= 15 is 0 Å². The minimum Gasteiger partial charge on any atom is -0.465 e. The first kappa shape index (κ1) is 18.9. The van der Waals surface area contributed by atoms with Crippen molar-refractivity contribution in [3.8, 4) is 0 Å². The molecule has 1 aromatic carbocycles. The third-order valence-corrected chi connectivity index (χ3v) is 4.93. The number of hydrogen-bond donors (Lipinski definition) is 1. The summed E-state index contributed by atoms with van der Waals surface area (Å²) in [6.07, 6.45) is 0. The van der Waals surface area contributed by atoms with Gasteiger partial charge in [-0.1, -0.05) is 23.1 Å². The van der Waals surface area contributed by atoms with Crippen LogP contribution in [0.2, 0.25) is 0 Å². The highest BCUT2D eigenvalue weighted by atomic mass is 32.2. The maximum absolute atomic E-state index is 12.2. The van der Waals surface area contributed by atoms with E-state index in [4.69, 9.17) is 0 Å². The normalized spacial score (nSPS) is 10.2. The van der Waals surface area contributed by atoms with E-state index in [1.165, 1.54) is 55.5 Å². The average Bonchev–Trinajstić information content (AvgIpc) is 3.04. The number of carbonyl (C=O) groups is 3. The number of esters is 2. The second kappa shape index (κ2) is 8.58. The van der Waals surface area contributed by atoms with Gasteiger partial charge in [-0.2, -0.15) is 0 Å². The van der Waals surface area contributed by atoms with E-state index in [0.717, 1.165) is 5.01 Å². The van der Waals surface area contributed by atoms with Crippen molar-refractivity contribution in [1.29, 1.82) is 0 Å². The van der Waals surface area contributed by atoms with Crippen LogP contribution >= 0.6 is 23.1 Å². The molecule has 0 radical (unpaired) electrons. The molecule has 1 heterocycles. The van der Waals surface area contributed by atoms with Gasteiger partial charge in [0.2, 0.25) is 5.91 Å². The number of rotatable bonds is 6. The summed E-state index contributed by atoms with van der Waals surface area (Å²) in [6, 6.07) is 4.19. The SMILES string of the molecule is COC(=O)c1ccc(C(=O)OC)c(NC(=O)CSc2nnc(C)s2)c1. The molecule has 0 unspecified atom stereocenters. The summed E-state index contributed by atoms with van der Waals surface area (Å²) >= 11 is 2.61. The largest absolute Gasteiger partial charge is 0.465 e. The molecule has 132 valence electrons. The lowest BCUT2D eigenvalue weighted by atomic mass is 10.1. The fraction of sp³-hybridized carbons (Fsp3) is 0.267. The van der Waals surface area contributed by atoms with E-state index in [1.54, 1.807) is 0 Å².